The first-order valence-electron chi connectivity index (χ1n) is 9.57. The molecule has 1 unspecified atom stereocenters. The number of carboxylic acids is 1. The van der Waals surface area contributed by atoms with Gasteiger partial charge in [-0.15, -0.1) is 0 Å². The van der Waals surface area contributed by atoms with E-state index in [4.69, 9.17) is 10.4 Å². The quantitative estimate of drug-likeness (QED) is 0.112. The van der Waals surface area contributed by atoms with Crippen LogP contribution in [0.2, 0.25) is 0 Å². The van der Waals surface area contributed by atoms with E-state index >= 15 is 0 Å². The van der Waals surface area contributed by atoms with Crippen molar-refractivity contribution in [3.8, 4) is 0 Å². The largest absolute Gasteiger partial charge is 0.478 e. The van der Waals surface area contributed by atoms with E-state index < -0.39 is 5.97 Å². The lowest BCUT2D eigenvalue weighted by Crippen LogP contribution is -2.10. The molecular formula is C22H34O4. The van der Waals surface area contributed by atoms with Crippen LogP contribution in [0.4, 0.5) is 0 Å². The number of allylic oxidation sites excluding steroid dienone is 9. The van der Waals surface area contributed by atoms with Crippen LogP contribution in [0.3, 0.4) is 0 Å². The fraction of sp³-hybridized carbons (Fsp3) is 0.500. The molecule has 2 N–H and O–H groups in total. The summed E-state index contributed by atoms with van der Waals surface area (Å²) in [5.41, 5.74) is 0. The molecule has 0 bridgehead atoms. The maximum atomic E-state index is 10.2. The van der Waals surface area contributed by atoms with E-state index in [0.29, 0.717) is 0 Å². The molecule has 26 heavy (non-hydrogen) atoms. The Bertz CT molecular complexity index is 473. The van der Waals surface area contributed by atoms with Gasteiger partial charge in [-0.1, -0.05) is 100 Å². The smallest absolute Gasteiger partial charge is 0.328 e. The summed E-state index contributed by atoms with van der Waals surface area (Å²) in [6.45, 7) is 2.22. The number of unbranched alkanes of at least 4 members (excludes halogenated alkanes) is 5. The first-order valence-corrected chi connectivity index (χ1v) is 9.57. The van der Waals surface area contributed by atoms with E-state index in [-0.39, 0.29) is 6.10 Å². The van der Waals surface area contributed by atoms with Crippen molar-refractivity contribution in [2.24, 2.45) is 0 Å². The highest BCUT2D eigenvalue weighted by molar-refractivity contribution is 5.80. The lowest BCUT2D eigenvalue weighted by Gasteiger charge is -2.11. The van der Waals surface area contributed by atoms with Crippen LogP contribution < -0.4 is 0 Å². The average Bonchev–Trinajstić information content (AvgIpc) is 2.63. The summed E-state index contributed by atoms with van der Waals surface area (Å²) in [6, 6.07) is 0. The van der Waals surface area contributed by atoms with Crippen molar-refractivity contribution in [3.63, 3.8) is 0 Å². The van der Waals surface area contributed by atoms with Crippen molar-refractivity contribution in [1.29, 1.82) is 0 Å². The molecule has 0 fully saturated rings. The Morgan fingerprint density at radius 2 is 1.42 bits per heavy atom. The molecule has 0 saturated heterocycles. The van der Waals surface area contributed by atoms with Crippen LogP contribution in [0.15, 0.2) is 60.8 Å². The van der Waals surface area contributed by atoms with Crippen molar-refractivity contribution in [3.05, 3.63) is 60.8 Å². The molecular weight excluding hydrogens is 328 g/mol. The molecule has 0 heterocycles. The van der Waals surface area contributed by atoms with E-state index in [1.165, 1.54) is 38.2 Å². The van der Waals surface area contributed by atoms with Gasteiger partial charge in [0.15, 0.2) is 0 Å². The topological polar surface area (TPSA) is 66.8 Å². The van der Waals surface area contributed by atoms with Crippen LogP contribution in [-0.2, 0) is 9.68 Å². The third-order valence-electron chi connectivity index (χ3n) is 3.84. The van der Waals surface area contributed by atoms with Crippen LogP contribution in [0.25, 0.3) is 0 Å². The number of aliphatic carboxylic acids is 1. The molecule has 0 aromatic carbocycles. The summed E-state index contributed by atoms with van der Waals surface area (Å²) in [4.78, 5) is 14.8. The van der Waals surface area contributed by atoms with E-state index in [1.54, 1.807) is 12.2 Å². The number of carboxylic acid groups (broad SMARTS) is 1. The summed E-state index contributed by atoms with van der Waals surface area (Å²) >= 11 is 0. The zero-order chi connectivity index (χ0) is 19.3. The summed E-state index contributed by atoms with van der Waals surface area (Å²) in [6.07, 6.45) is 27.5. The molecule has 0 aliphatic rings. The zero-order valence-electron chi connectivity index (χ0n) is 15.9. The summed E-state index contributed by atoms with van der Waals surface area (Å²) in [7, 11) is 0. The molecule has 1 atom stereocenters. The maximum Gasteiger partial charge on any atom is 0.328 e. The van der Waals surface area contributed by atoms with Crippen LogP contribution in [0.1, 0.15) is 64.7 Å². The van der Waals surface area contributed by atoms with Gasteiger partial charge in [-0.3, -0.25) is 5.26 Å². The molecule has 4 heteroatoms. The van der Waals surface area contributed by atoms with Crippen molar-refractivity contribution >= 4 is 5.97 Å². The molecule has 0 aromatic heterocycles. The van der Waals surface area contributed by atoms with Gasteiger partial charge in [0.25, 0.3) is 0 Å². The number of rotatable bonds is 16. The van der Waals surface area contributed by atoms with Gasteiger partial charge in [0.2, 0.25) is 0 Å². The van der Waals surface area contributed by atoms with Gasteiger partial charge in [0.1, 0.15) is 0 Å². The molecule has 0 aliphatic carbocycles. The predicted molar refractivity (Wildman–Crippen MR) is 108 cm³/mol. The third-order valence-corrected chi connectivity index (χ3v) is 3.84. The van der Waals surface area contributed by atoms with E-state index in [2.05, 4.69) is 17.9 Å². The zero-order valence-corrected chi connectivity index (χ0v) is 15.9. The van der Waals surface area contributed by atoms with Gasteiger partial charge >= 0.3 is 5.97 Å². The van der Waals surface area contributed by atoms with E-state index in [0.717, 1.165) is 31.8 Å². The minimum Gasteiger partial charge on any atom is -0.478 e. The molecule has 146 valence electrons. The molecule has 0 radical (unpaired) electrons. The maximum absolute atomic E-state index is 10.2. The second-order valence-corrected chi connectivity index (χ2v) is 6.14. The van der Waals surface area contributed by atoms with Gasteiger partial charge in [-0.05, 0) is 19.3 Å². The Kier molecular flexibility index (Phi) is 18.0. The summed E-state index contributed by atoms with van der Waals surface area (Å²) < 4.78 is 0. The van der Waals surface area contributed by atoms with Gasteiger partial charge in [-0.2, -0.15) is 0 Å². The van der Waals surface area contributed by atoms with Gasteiger partial charge in [-0.25, -0.2) is 9.68 Å². The van der Waals surface area contributed by atoms with Gasteiger partial charge in [0.05, 0.1) is 6.10 Å². The molecule has 0 aliphatic heterocycles. The first kappa shape index (κ1) is 24.1. The highest BCUT2D eigenvalue weighted by Crippen LogP contribution is 2.13. The van der Waals surface area contributed by atoms with Crippen LogP contribution in [0.5, 0.6) is 0 Å². The highest BCUT2D eigenvalue weighted by Gasteiger charge is 2.07. The number of hydrogen-bond donors (Lipinski definition) is 2. The second-order valence-electron chi connectivity index (χ2n) is 6.14. The van der Waals surface area contributed by atoms with Crippen molar-refractivity contribution in [1.82, 2.24) is 0 Å². The van der Waals surface area contributed by atoms with E-state index in [1.807, 2.05) is 30.4 Å². The SMILES string of the molecule is CCCCCCCCC(CC\C=C/C=C\C=C/C=C/C=CC(=O)O)OO. The van der Waals surface area contributed by atoms with Crippen LogP contribution in [-0.4, -0.2) is 22.4 Å². The van der Waals surface area contributed by atoms with Gasteiger partial charge in [0, 0.05) is 6.08 Å². The summed E-state index contributed by atoms with van der Waals surface area (Å²) in [5, 5.41) is 17.4. The Labute approximate surface area is 158 Å². The van der Waals surface area contributed by atoms with Crippen LogP contribution >= 0.6 is 0 Å². The highest BCUT2D eigenvalue weighted by atomic mass is 17.1. The minimum absolute atomic E-state index is 0.0707. The second kappa shape index (κ2) is 19.4. The van der Waals surface area contributed by atoms with Crippen molar-refractivity contribution < 1.29 is 20.0 Å². The molecule has 0 rings (SSSR count). The Morgan fingerprint density at radius 3 is 2.04 bits per heavy atom. The van der Waals surface area contributed by atoms with Crippen LogP contribution in [0, 0.1) is 0 Å². The van der Waals surface area contributed by atoms with E-state index in [9.17, 15) is 4.79 Å². The Hall–Kier alpha value is -1.91. The molecule has 0 amide bonds. The van der Waals surface area contributed by atoms with Crippen molar-refractivity contribution in [2.45, 2.75) is 70.8 Å². The monoisotopic (exact) mass is 362 g/mol. The Balaban J connectivity index is 3.76. The molecule has 4 nitrogen and oxygen atoms in total. The number of hydrogen-bond acceptors (Lipinski definition) is 3. The fourth-order valence-corrected chi connectivity index (χ4v) is 2.38. The summed E-state index contributed by atoms with van der Waals surface area (Å²) in [5.74, 6) is -0.954. The Morgan fingerprint density at radius 1 is 0.846 bits per heavy atom. The normalized spacial score (nSPS) is 13.9. The predicted octanol–water partition coefficient (Wildman–Crippen LogP) is 6.24. The fourth-order valence-electron chi connectivity index (χ4n) is 2.38. The van der Waals surface area contributed by atoms with Gasteiger partial charge < -0.3 is 5.11 Å². The molecule has 0 saturated carbocycles. The number of carbonyl (C=O) groups is 1. The molecule has 0 spiro atoms. The third kappa shape index (κ3) is 18.4. The first-order chi connectivity index (χ1) is 12.7. The minimum atomic E-state index is -0.954. The lowest BCUT2D eigenvalue weighted by atomic mass is 10.0. The van der Waals surface area contributed by atoms with Crippen molar-refractivity contribution in [2.75, 3.05) is 0 Å². The average molecular weight is 363 g/mol. The lowest BCUT2D eigenvalue weighted by molar-refractivity contribution is -0.281. The molecule has 0 aromatic rings. The standard InChI is InChI=1S/C22H34O4/c1-2-3-4-5-12-15-18-21(26-25)19-16-13-10-8-6-7-9-11-14-17-20-22(23)24/h6-11,13-14,17,20-21,25H,2-5,12,15-16,18-19H2,1H3,(H,23,24)/b8-6-,9-7-,13-10-,14-11+,20-17?.